The third-order valence-corrected chi connectivity index (χ3v) is 1.79. The van der Waals surface area contributed by atoms with Gasteiger partial charge >= 0.3 is 0 Å². The zero-order valence-corrected chi connectivity index (χ0v) is 8.10. The quantitative estimate of drug-likeness (QED) is 0.647. The number of aryl methyl sites for hydroxylation is 1. The lowest BCUT2D eigenvalue weighted by Crippen LogP contribution is -2.33. The summed E-state index contributed by atoms with van der Waals surface area (Å²) in [6, 6.07) is -0.663. The van der Waals surface area contributed by atoms with Crippen LogP contribution in [0.1, 0.15) is 11.6 Å². The number of nitrogens with two attached hydrogens (primary N) is 1. The lowest BCUT2D eigenvalue weighted by atomic mass is 10.1. The first kappa shape index (κ1) is 10.5. The monoisotopic (exact) mass is 194 g/mol. The molecular formula is C9H14N4O. The standard InChI is InChI=1S/C9H14N4O/c1-3-4-11-9(14)8(10)7-5-12-13(2)6-7/h3,5-6,8H,1,4,10H2,2H3,(H,11,14). The second kappa shape index (κ2) is 4.57. The Labute approximate surface area is 82.6 Å². The predicted octanol–water partition coefficient (Wildman–Crippen LogP) is -0.278. The fourth-order valence-electron chi connectivity index (χ4n) is 1.03. The second-order valence-electron chi connectivity index (χ2n) is 2.96. The molecule has 0 saturated carbocycles. The molecule has 1 aromatic heterocycles. The molecule has 1 rings (SSSR count). The van der Waals surface area contributed by atoms with E-state index in [1.54, 1.807) is 30.2 Å². The number of nitrogens with one attached hydrogen (secondary N) is 1. The van der Waals surface area contributed by atoms with Crippen LogP contribution < -0.4 is 11.1 Å². The van der Waals surface area contributed by atoms with E-state index >= 15 is 0 Å². The van der Waals surface area contributed by atoms with Crippen molar-refractivity contribution in [3.05, 3.63) is 30.6 Å². The molecule has 0 radical (unpaired) electrons. The van der Waals surface area contributed by atoms with Gasteiger partial charge in [-0.05, 0) is 0 Å². The molecule has 0 aliphatic carbocycles. The molecular weight excluding hydrogens is 180 g/mol. The maximum Gasteiger partial charge on any atom is 0.241 e. The summed E-state index contributed by atoms with van der Waals surface area (Å²) in [6.45, 7) is 3.92. The van der Waals surface area contributed by atoms with Gasteiger partial charge in [-0.1, -0.05) is 6.08 Å². The average Bonchev–Trinajstić information content (AvgIpc) is 2.60. The fraction of sp³-hybridized carbons (Fsp3) is 0.333. The molecule has 0 spiro atoms. The molecule has 1 atom stereocenters. The largest absolute Gasteiger partial charge is 0.351 e. The molecule has 0 fully saturated rings. The van der Waals surface area contributed by atoms with Crippen LogP contribution in [0.4, 0.5) is 0 Å². The minimum Gasteiger partial charge on any atom is -0.351 e. The van der Waals surface area contributed by atoms with E-state index in [1.807, 2.05) is 0 Å². The molecule has 0 bridgehead atoms. The lowest BCUT2D eigenvalue weighted by Gasteiger charge is -2.08. The minimum atomic E-state index is -0.663. The maximum atomic E-state index is 11.4. The predicted molar refractivity (Wildman–Crippen MR) is 53.3 cm³/mol. The van der Waals surface area contributed by atoms with E-state index in [4.69, 9.17) is 5.73 Å². The van der Waals surface area contributed by atoms with Crippen molar-refractivity contribution in [2.24, 2.45) is 12.8 Å². The normalized spacial score (nSPS) is 12.1. The summed E-state index contributed by atoms with van der Waals surface area (Å²) in [6.07, 6.45) is 4.91. The molecule has 5 heteroatoms. The Morgan fingerprint density at radius 2 is 2.64 bits per heavy atom. The summed E-state index contributed by atoms with van der Waals surface area (Å²) < 4.78 is 1.61. The van der Waals surface area contributed by atoms with Crippen LogP contribution in [0.25, 0.3) is 0 Å². The van der Waals surface area contributed by atoms with Crippen molar-refractivity contribution in [3.63, 3.8) is 0 Å². The molecule has 76 valence electrons. The van der Waals surface area contributed by atoms with Gasteiger partial charge in [-0.3, -0.25) is 9.48 Å². The van der Waals surface area contributed by atoms with E-state index in [-0.39, 0.29) is 5.91 Å². The summed E-state index contributed by atoms with van der Waals surface area (Å²) in [5.74, 6) is -0.224. The molecule has 1 amide bonds. The van der Waals surface area contributed by atoms with Crippen molar-refractivity contribution in [2.45, 2.75) is 6.04 Å². The number of amides is 1. The zero-order valence-electron chi connectivity index (χ0n) is 8.10. The number of rotatable bonds is 4. The highest BCUT2D eigenvalue weighted by Gasteiger charge is 2.15. The number of hydrogen-bond acceptors (Lipinski definition) is 3. The third kappa shape index (κ3) is 2.43. The van der Waals surface area contributed by atoms with E-state index < -0.39 is 6.04 Å². The molecule has 1 heterocycles. The van der Waals surface area contributed by atoms with Crippen LogP contribution in [-0.4, -0.2) is 22.2 Å². The van der Waals surface area contributed by atoms with Crippen molar-refractivity contribution in [3.8, 4) is 0 Å². The first-order valence-corrected chi connectivity index (χ1v) is 4.28. The Kier molecular flexibility index (Phi) is 3.41. The SMILES string of the molecule is C=CCNC(=O)C(N)c1cnn(C)c1. The Balaban J connectivity index is 2.60. The van der Waals surface area contributed by atoms with Crippen LogP contribution in [0.5, 0.6) is 0 Å². The summed E-state index contributed by atoms with van der Waals surface area (Å²) in [7, 11) is 1.78. The molecule has 14 heavy (non-hydrogen) atoms. The van der Waals surface area contributed by atoms with Gasteiger partial charge in [0.2, 0.25) is 5.91 Å². The topological polar surface area (TPSA) is 72.9 Å². The maximum absolute atomic E-state index is 11.4. The van der Waals surface area contributed by atoms with E-state index in [0.717, 1.165) is 0 Å². The van der Waals surface area contributed by atoms with Gasteiger partial charge in [0.1, 0.15) is 6.04 Å². The Hall–Kier alpha value is -1.62. The van der Waals surface area contributed by atoms with Crippen molar-refractivity contribution >= 4 is 5.91 Å². The van der Waals surface area contributed by atoms with Crippen molar-refractivity contribution in [1.82, 2.24) is 15.1 Å². The van der Waals surface area contributed by atoms with Crippen molar-refractivity contribution in [1.29, 1.82) is 0 Å². The van der Waals surface area contributed by atoms with E-state index in [0.29, 0.717) is 12.1 Å². The van der Waals surface area contributed by atoms with E-state index in [1.165, 1.54) is 0 Å². The van der Waals surface area contributed by atoms with Crippen LogP contribution in [0.2, 0.25) is 0 Å². The first-order chi connectivity index (χ1) is 6.65. The summed E-state index contributed by atoms with van der Waals surface area (Å²) in [4.78, 5) is 11.4. The zero-order chi connectivity index (χ0) is 10.6. The number of hydrogen-bond donors (Lipinski definition) is 2. The molecule has 1 unspecified atom stereocenters. The lowest BCUT2D eigenvalue weighted by molar-refractivity contribution is -0.122. The van der Waals surface area contributed by atoms with Gasteiger partial charge < -0.3 is 11.1 Å². The minimum absolute atomic E-state index is 0.224. The summed E-state index contributed by atoms with van der Waals surface area (Å²) in [5.41, 5.74) is 6.40. The molecule has 5 nitrogen and oxygen atoms in total. The van der Waals surface area contributed by atoms with Gasteiger partial charge in [0.25, 0.3) is 0 Å². The third-order valence-electron chi connectivity index (χ3n) is 1.79. The van der Waals surface area contributed by atoms with Crippen molar-refractivity contribution in [2.75, 3.05) is 6.54 Å². The Morgan fingerprint density at radius 3 is 3.14 bits per heavy atom. The van der Waals surface area contributed by atoms with Crippen LogP contribution in [0.3, 0.4) is 0 Å². The van der Waals surface area contributed by atoms with Crippen LogP contribution in [0.15, 0.2) is 25.0 Å². The highest BCUT2D eigenvalue weighted by molar-refractivity contribution is 5.82. The highest BCUT2D eigenvalue weighted by Crippen LogP contribution is 2.07. The van der Waals surface area contributed by atoms with Gasteiger partial charge in [0.15, 0.2) is 0 Å². The molecule has 1 aromatic rings. The average molecular weight is 194 g/mol. The first-order valence-electron chi connectivity index (χ1n) is 4.28. The van der Waals surface area contributed by atoms with Crippen LogP contribution in [0, 0.1) is 0 Å². The summed E-state index contributed by atoms with van der Waals surface area (Å²) >= 11 is 0. The van der Waals surface area contributed by atoms with Crippen LogP contribution in [-0.2, 0) is 11.8 Å². The number of aromatic nitrogens is 2. The Morgan fingerprint density at radius 1 is 1.93 bits per heavy atom. The Bertz CT molecular complexity index is 331. The van der Waals surface area contributed by atoms with Gasteiger partial charge in [-0.2, -0.15) is 5.10 Å². The van der Waals surface area contributed by atoms with Gasteiger partial charge in [-0.15, -0.1) is 6.58 Å². The second-order valence-corrected chi connectivity index (χ2v) is 2.96. The van der Waals surface area contributed by atoms with Crippen molar-refractivity contribution < 1.29 is 4.79 Å². The van der Waals surface area contributed by atoms with Gasteiger partial charge in [-0.25, -0.2) is 0 Å². The smallest absolute Gasteiger partial charge is 0.241 e. The van der Waals surface area contributed by atoms with Crippen LogP contribution >= 0.6 is 0 Å². The molecule has 0 aliphatic rings. The molecule has 0 aliphatic heterocycles. The number of carbonyl (C=O) groups is 1. The molecule has 3 N–H and O–H groups in total. The summed E-state index contributed by atoms with van der Waals surface area (Å²) in [5, 5.41) is 6.56. The van der Waals surface area contributed by atoms with E-state index in [9.17, 15) is 4.79 Å². The van der Waals surface area contributed by atoms with Gasteiger partial charge in [0, 0.05) is 25.4 Å². The van der Waals surface area contributed by atoms with Gasteiger partial charge in [0.05, 0.1) is 6.20 Å². The highest BCUT2D eigenvalue weighted by atomic mass is 16.2. The molecule has 0 aromatic carbocycles. The number of carbonyl (C=O) groups excluding carboxylic acids is 1. The number of nitrogens with zero attached hydrogens (tertiary/aromatic N) is 2. The van der Waals surface area contributed by atoms with E-state index in [2.05, 4.69) is 17.0 Å². The fourth-order valence-corrected chi connectivity index (χ4v) is 1.03. The molecule has 0 saturated heterocycles.